The summed E-state index contributed by atoms with van der Waals surface area (Å²) < 4.78 is 5.64. The summed E-state index contributed by atoms with van der Waals surface area (Å²) in [7, 11) is 0. The van der Waals surface area contributed by atoms with E-state index in [1.54, 1.807) is 11.8 Å². The van der Waals surface area contributed by atoms with Crippen LogP contribution in [0.4, 0.5) is 0 Å². The van der Waals surface area contributed by atoms with Gasteiger partial charge in [-0.15, -0.1) is 10.2 Å². The Morgan fingerprint density at radius 3 is 2.88 bits per heavy atom. The maximum atomic E-state index is 5.64. The fourth-order valence-corrected chi connectivity index (χ4v) is 2.76. The first kappa shape index (κ1) is 10.8. The van der Waals surface area contributed by atoms with Crippen molar-refractivity contribution in [3.63, 3.8) is 0 Å². The zero-order valence-corrected chi connectivity index (χ0v) is 10.1. The van der Waals surface area contributed by atoms with Crippen molar-refractivity contribution < 1.29 is 4.42 Å². The summed E-state index contributed by atoms with van der Waals surface area (Å²) in [5.74, 6) is 0.596. The molecule has 0 aliphatic carbocycles. The second kappa shape index (κ2) is 4.89. The average molecular weight is 247 g/mol. The van der Waals surface area contributed by atoms with Crippen LogP contribution in [0.25, 0.3) is 11.5 Å². The van der Waals surface area contributed by atoms with E-state index < -0.39 is 0 Å². The highest BCUT2D eigenvalue weighted by molar-refractivity contribution is 7.99. The molecule has 1 aliphatic rings. The predicted octanol–water partition coefficient (Wildman–Crippen LogP) is 2.19. The molecule has 0 bridgehead atoms. The van der Waals surface area contributed by atoms with E-state index in [0.29, 0.717) is 16.4 Å². The van der Waals surface area contributed by atoms with Crippen molar-refractivity contribution >= 4 is 11.8 Å². The number of hydrogen-bond acceptors (Lipinski definition) is 5. The number of hydrogen-bond donors (Lipinski definition) is 1. The molecule has 17 heavy (non-hydrogen) atoms. The van der Waals surface area contributed by atoms with Crippen LogP contribution in [0, 0.1) is 0 Å². The maximum Gasteiger partial charge on any atom is 0.277 e. The topological polar surface area (TPSA) is 51.0 Å². The molecular weight excluding hydrogens is 234 g/mol. The van der Waals surface area contributed by atoms with Crippen LogP contribution in [0.2, 0.25) is 0 Å². The van der Waals surface area contributed by atoms with Crippen LogP contribution in [-0.2, 0) is 0 Å². The van der Waals surface area contributed by atoms with Crippen LogP contribution in [-0.4, -0.2) is 28.5 Å². The molecule has 0 radical (unpaired) electrons. The lowest BCUT2D eigenvalue weighted by Gasteiger charge is -2.01. The van der Waals surface area contributed by atoms with Crippen molar-refractivity contribution in [3.8, 4) is 11.5 Å². The van der Waals surface area contributed by atoms with E-state index in [-0.39, 0.29) is 0 Å². The second-order valence-corrected chi connectivity index (χ2v) is 5.22. The number of aromatic nitrogens is 2. The molecule has 2 aromatic rings. The molecule has 88 valence electrons. The number of benzene rings is 1. The van der Waals surface area contributed by atoms with Crippen LogP contribution in [0.3, 0.4) is 0 Å². The van der Waals surface area contributed by atoms with Crippen molar-refractivity contribution in [1.29, 1.82) is 0 Å². The Balaban J connectivity index is 1.74. The highest BCUT2D eigenvalue weighted by Crippen LogP contribution is 2.28. The van der Waals surface area contributed by atoms with Gasteiger partial charge in [0.05, 0.1) is 0 Å². The average Bonchev–Trinajstić information content (AvgIpc) is 3.02. The number of nitrogens with zero attached hydrogens (tertiary/aromatic N) is 2. The van der Waals surface area contributed by atoms with Gasteiger partial charge in [-0.05, 0) is 25.1 Å². The lowest BCUT2D eigenvalue weighted by atomic mass is 10.2. The zero-order chi connectivity index (χ0) is 11.5. The van der Waals surface area contributed by atoms with Gasteiger partial charge in [-0.3, -0.25) is 0 Å². The lowest BCUT2D eigenvalue weighted by molar-refractivity contribution is 0.465. The van der Waals surface area contributed by atoms with E-state index in [0.717, 1.165) is 25.1 Å². The second-order valence-electron chi connectivity index (χ2n) is 3.97. The van der Waals surface area contributed by atoms with E-state index in [2.05, 4.69) is 15.5 Å². The maximum absolute atomic E-state index is 5.64. The summed E-state index contributed by atoms with van der Waals surface area (Å²) in [5, 5.41) is 12.7. The van der Waals surface area contributed by atoms with Crippen LogP contribution in [0.1, 0.15) is 6.42 Å². The monoisotopic (exact) mass is 247 g/mol. The van der Waals surface area contributed by atoms with Crippen LogP contribution in [0.15, 0.2) is 40.0 Å². The van der Waals surface area contributed by atoms with Crippen LogP contribution < -0.4 is 5.32 Å². The van der Waals surface area contributed by atoms with Crippen LogP contribution >= 0.6 is 11.8 Å². The fraction of sp³-hybridized carbons (Fsp3) is 0.333. The molecule has 1 aliphatic heterocycles. The normalized spacial score (nSPS) is 19.6. The minimum atomic E-state index is 0.555. The van der Waals surface area contributed by atoms with Crippen molar-refractivity contribution in [1.82, 2.24) is 15.5 Å². The Kier molecular flexibility index (Phi) is 3.11. The molecule has 5 heteroatoms. The molecule has 1 aromatic carbocycles. The fourth-order valence-electron chi connectivity index (χ4n) is 1.83. The van der Waals surface area contributed by atoms with Crippen molar-refractivity contribution in [2.24, 2.45) is 0 Å². The Hall–Kier alpha value is -1.33. The summed E-state index contributed by atoms with van der Waals surface area (Å²) in [6.07, 6.45) is 1.16. The third-order valence-corrected chi connectivity index (χ3v) is 3.81. The van der Waals surface area contributed by atoms with Gasteiger partial charge >= 0.3 is 0 Å². The highest BCUT2D eigenvalue weighted by atomic mass is 32.2. The van der Waals surface area contributed by atoms with Gasteiger partial charge in [-0.25, -0.2) is 0 Å². The number of thioether (sulfide) groups is 1. The molecule has 2 heterocycles. The van der Waals surface area contributed by atoms with E-state index in [1.807, 2.05) is 30.3 Å². The van der Waals surface area contributed by atoms with Gasteiger partial charge in [0.15, 0.2) is 0 Å². The molecule has 1 fully saturated rings. The van der Waals surface area contributed by atoms with Gasteiger partial charge < -0.3 is 9.73 Å². The minimum Gasteiger partial charge on any atom is -0.411 e. The largest absolute Gasteiger partial charge is 0.411 e. The van der Waals surface area contributed by atoms with Gasteiger partial charge in [0.25, 0.3) is 5.22 Å². The van der Waals surface area contributed by atoms with Gasteiger partial charge in [0, 0.05) is 17.4 Å². The molecule has 1 atom stereocenters. The van der Waals surface area contributed by atoms with Gasteiger partial charge in [-0.1, -0.05) is 30.0 Å². The van der Waals surface area contributed by atoms with Gasteiger partial charge in [0.1, 0.15) is 0 Å². The Bertz CT molecular complexity index is 480. The first-order valence-electron chi connectivity index (χ1n) is 5.68. The first-order chi connectivity index (χ1) is 8.42. The SMILES string of the molecule is c1ccc(-c2nnc(S[C@H]3CCNC3)o2)cc1. The van der Waals surface area contributed by atoms with Crippen LogP contribution in [0.5, 0.6) is 0 Å². The smallest absolute Gasteiger partial charge is 0.277 e. The third-order valence-electron chi connectivity index (χ3n) is 2.71. The molecule has 0 unspecified atom stereocenters. The van der Waals surface area contributed by atoms with E-state index >= 15 is 0 Å². The molecule has 1 saturated heterocycles. The molecule has 0 amide bonds. The Labute approximate surface area is 104 Å². The summed E-state index contributed by atoms with van der Waals surface area (Å²) in [5.41, 5.74) is 0.969. The summed E-state index contributed by atoms with van der Waals surface area (Å²) in [4.78, 5) is 0. The van der Waals surface area contributed by atoms with E-state index in [1.165, 1.54) is 0 Å². The minimum absolute atomic E-state index is 0.555. The number of rotatable bonds is 3. The van der Waals surface area contributed by atoms with Crippen molar-refractivity contribution in [2.75, 3.05) is 13.1 Å². The molecule has 0 saturated carbocycles. The highest BCUT2D eigenvalue weighted by Gasteiger charge is 2.19. The van der Waals surface area contributed by atoms with Crippen molar-refractivity contribution in [3.05, 3.63) is 30.3 Å². The summed E-state index contributed by atoms with van der Waals surface area (Å²) in [6, 6.07) is 9.85. The van der Waals surface area contributed by atoms with E-state index in [9.17, 15) is 0 Å². The first-order valence-corrected chi connectivity index (χ1v) is 6.56. The van der Waals surface area contributed by atoms with Crippen molar-refractivity contribution in [2.45, 2.75) is 16.9 Å². The quantitative estimate of drug-likeness (QED) is 0.901. The van der Waals surface area contributed by atoms with E-state index in [4.69, 9.17) is 4.42 Å². The number of nitrogens with one attached hydrogen (secondary N) is 1. The van der Waals surface area contributed by atoms with Gasteiger partial charge in [-0.2, -0.15) is 0 Å². The Morgan fingerprint density at radius 2 is 2.12 bits per heavy atom. The van der Waals surface area contributed by atoms with Gasteiger partial charge in [0.2, 0.25) is 5.89 Å². The molecule has 1 N–H and O–H groups in total. The third kappa shape index (κ3) is 2.50. The summed E-state index contributed by atoms with van der Waals surface area (Å²) >= 11 is 1.66. The predicted molar refractivity (Wildman–Crippen MR) is 66.9 cm³/mol. The molecule has 3 rings (SSSR count). The molecular formula is C12H13N3OS. The summed E-state index contributed by atoms with van der Waals surface area (Å²) in [6.45, 7) is 2.10. The molecule has 0 spiro atoms. The Morgan fingerprint density at radius 1 is 1.24 bits per heavy atom. The zero-order valence-electron chi connectivity index (χ0n) is 9.30. The lowest BCUT2D eigenvalue weighted by Crippen LogP contribution is -2.09. The molecule has 1 aromatic heterocycles. The molecule has 4 nitrogen and oxygen atoms in total. The standard InChI is InChI=1S/C12H13N3OS/c1-2-4-9(5-3-1)11-14-15-12(16-11)17-10-6-7-13-8-10/h1-5,10,13H,6-8H2/t10-/m0/s1.